The summed E-state index contributed by atoms with van der Waals surface area (Å²) >= 11 is 0. The van der Waals surface area contributed by atoms with Crippen molar-refractivity contribution in [1.82, 2.24) is 16.0 Å². The Morgan fingerprint density at radius 1 is 0.906 bits per heavy atom. The summed E-state index contributed by atoms with van der Waals surface area (Å²) in [7, 11) is 0. The molecule has 0 bridgehead atoms. The first-order valence-corrected chi connectivity index (χ1v) is 11.5. The highest BCUT2D eigenvalue weighted by atomic mass is 16.6. The highest BCUT2D eigenvalue weighted by Gasteiger charge is 2.32. The summed E-state index contributed by atoms with van der Waals surface area (Å²) in [6.07, 6.45) is 2.22. The van der Waals surface area contributed by atoms with Crippen molar-refractivity contribution in [3.8, 4) is 0 Å². The first-order valence-electron chi connectivity index (χ1n) is 11.5. The van der Waals surface area contributed by atoms with E-state index in [1.54, 1.807) is 34.6 Å². The van der Waals surface area contributed by atoms with Crippen molar-refractivity contribution < 1.29 is 29.0 Å². The number of carbonyl (C=O) groups excluding carboxylic acids is 3. The summed E-state index contributed by atoms with van der Waals surface area (Å²) in [6, 6.07) is -1.58. The van der Waals surface area contributed by atoms with Gasteiger partial charge in [0.25, 0.3) is 0 Å². The summed E-state index contributed by atoms with van der Waals surface area (Å²) in [5.74, 6) is -1.76. The Balaban J connectivity index is 2.50. The van der Waals surface area contributed by atoms with E-state index in [2.05, 4.69) is 16.0 Å². The molecule has 0 aromatic heterocycles. The molecule has 1 aliphatic rings. The van der Waals surface area contributed by atoms with Crippen molar-refractivity contribution in [3.05, 3.63) is 0 Å². The topological polar surface area (TPSA) is 134 Å². The first kappa shape index (κ1) is 27.7. The lowest BCUT2D eigenvalue weighted by atomic mass is 9.81. The lowest BCUT2D eigenvalue weighted by molar-refractivity contribution is -0.144. The molecule has 0 aromatic carbocycles. The highest BCUT2D eigenvalue weighted by Crippen LogP contribution is 2.29. The summed E-state index contributed by atoms with van der Waals surface area (Å²) in [4.78, 5) is 48.5. The van der Waals surface area contributed by atoms with Crippen LogP contribution >= 0.6 is 0 Å². The van der Waals surface area contributed by atoms with E-state index in [1.165, 1.54) is 0 Å². The quantitative estimate of drug-likeness (QED) is 0.422. The lowest BCUT2D eigenvalue weighted by Gasteiger charge is -2.30. The van der Waals surface area contributed by atoms with E-state index in [0.717, 1.165) is 12.8 Å². The molecule has 0 aromatic rings. The number of carboxylic acid groups (broad SMARTS) is 1. The zero-order valence-electron chi connectivity index (χ0n) is 20.5. The minimum atomic E-state index is -1.02. The predicted molar refractivity (Wildman–Crippen MR) is 121 cm³/mol. The SMILES string of the molecule is CC(C)[C@H](NC(=O)C1CCC(CNC(=O)[C@@H](NC(=O)OC(C)(C)C)C(C)C)CC1)C(=O)O. The third-order valence-corrected chi connectivity index (χ3v) is 5.63. The molecule has 3 amide bonds. The number of carbonyl (C=O) groups is 4. The zero-order valence-corrected chi connectivity index (χ0v) is 20.5. The van der Waals surface area contributed by atoms with Crippen molar-refractivity contribution in [2.45, 2.75) is 91.8 Å². The standard InChI is InChI=1S/C23H41N3O6/c1-13(2)17(26-22(31)32-23(5,6)7)20(28)24-12-15-8-10-16(11-9-15)19(27)25-18(14(3)4)21(29)30/h13-18H,8-12H2,1-7H3,(H,24,28)(H,25,27)(H,26,31)(H,29,30)/t15?,16?,17-,18-/m0/s1. The number of hydrogen-bond donors (Lipinski definition) is 4. The monoisotopic (exact) mass is 455 g/mol. The van der Waals surface area contributed by atoms with Crippen LogP contribution in [0.15, 0.2) is 0 Å². The van der Waals surface area contributed by atoms with Gasteiger partial charge in [-0.1, -0.05) is 27.7 Å². The number of nitrogens with one attached hydrogen (secondary N) is 3. The Hall–Kier alpha value is -2.32. The van der Waals surface area contributed by atoms with Gasteiger partial charge in [-0.2, -0.15) is 0 Å². The van der Waals surface area contributed by atoms with E-state index in [9.17, 15) is 24.3 Å². The van der Waals surface area contributed by atoms with Crippen LogP contribution in [-0.2, 0) is 19.1 Å². The second-order valence-corrected chi connectivity index (χ2v) is 10.4. The van der Waals surface area contributed by atoms with Crippen LogP contribution in [0.25, 0.3) is 0 Å². The van der Waals surface area contributed by atoms with E-state index in [1.807, 2.05) is 13.8 Å². The Kier molecular flexibility index (Phi) is 10.4. The van der Waals surface area contributed by atoms with E-state index < -0.39 is 29.7 Å². The van der Waals surface area contributed by atoms with Gasteiger partial charge in [0, 0.05) is 12.5 Å². The maximum atomic E-state index is 12.6. The minimum absolute atomic E-state index is 0.106. The van der Waals surface area contributed by atoms with Gasteiger partial charge in [-0.15, -0.1) is 0 Å². The molecule has 1 rings (SSSR count). The molecule has 0 heterocycles. The van der Waals surface area contributed by atoms with Gasteiger partial charge in [-0.3, -0.25) is 9.59 Å². The number of aliphatic carboxylic acids is 1. The fraction of sp³-hybridized carbons (Fsp3) is 0.826. The van der Waals surface area contributed by atoms with Gasteiger partial charge in [0.2, 0.25) is 11.8 Å². The van der Waals surface area contributed by atoms with Crippen LogP contribution in [0.5, 0.6) is 0 Å². The fourth-order valence-electron chi connectivity index (χ4n) is 3.74. The number of rotatable bonds is 9. The van der Waals surface area contributed by atoms with Crippen molar-refractivity contribution >= 4 is 23.9 Å². The van der Waals surface area contributed by atoms with E-state index in [-0.39, 0.29) is 35.5 Å². The molecule has 9 heteroatoms. The highest BCUT2D eigenvalue weighted by molar-refractivity contribution is 5.86. The van der Waals surface area contributed by atoms with Gasteiger partial charge in [0.05, 0.1) is 0 Å². The molecule has 4 N–H and O–H groups in total. The molecule has 2 atom stereocenters. The van der Waals surface area contributed by atoms with Crippen LogP contribution in [0.3, 0.4) is 0 Å². The van der Waals surface area contributed by atoms with Crippen LogP contribution < -0.4 is 16.0 Å². The maximum Gasteiger partial charge on any atom is 0.408 e. The van der Waals surface area contributed by atoms with Crippen LogP contribution in [0.4, 0.5) is 4.79 Å². The molecule has 0 saturated heterocycles. The van der Waals surface area contributed by atoms with Gasteiger partial charge in [0.1, 0.15) is 17.7 Å². The third kappa shape index (κ3) is 9.44. The molecule has 0 unspecified atom stereocenters. The normalized spacial score (nSPS) is 20.9. The van der Waals surface area contributed by atoms with Crippen molar-refractivity contribution in [1.29, 1.82) is 0 Å². The van der Waals surface area contributed by atoms with E-state index in [4.69, 9.17) is 4.74 Å². The van der Waals surface area contributed by atoms with Crippen molar-refractivity contribution in [2.75, 3.05) is 6.54 Å². The molecule has 0 aliphatic heterocycles. The molecule has 0 radical (unpaired) electrons. The summed E-state index contributed by atoms with van der Waals surface area (Å²) in [5, 5.41) is 17.5. The largest absolute Gasteiger partial charge is 0.480 e. The molecular formula is C23H41N3O6. The van der Waals surface area contributed by atoms with E-state index in [0.29, 0.717) is 19.4 Å². The van der Waals surface area contributed by atoms with Crippen molar-refractivity contribution in [2.24, 2.45) is 23.7 Å². The Morgan fingerprint density at radius 2 is 1.44 bits per heavy atom. The second kappa shape index (κ2) is 12.1. The summed E-state index contributed by atoms with van der Waals surface area (Å²) in [6.45, 7) is 13.0. The predicted octanol–water partition coefficient (Wildman–Crippen LogP) is 2.68. The number of alkyl carbamates (subject to hydrolysis) is 1. The molecule has 184 valence electrons. The van der Waals surface area contributed by atoms with Gasteiger partial charge in [-0.25, -0.2) is 9.59 Å². The maximum absolute atomic E-state index is 12.6. The Morgan fingerprint density at radius 3 is 1.88 bits per heavy atom. The number of carboxylic acids is 1. The summed E-state index contributed by atoms with van der Waals surface area (Å²) < 4.78 is 5.25. The number of amides is 3. The van der Waals surface area contributed by atoms with Crippen LogP contribution in [-0.4, -0.2) is 53.2 Å². The molecule has 1 saturated carbocycles. The average molecular weight is 456 g/mol. The molecular weight excluding hydrogens is 414 g/mol. The van der Waals surface area contributed by atoms with Gasteiger partial charge in [0.15, 0.2) is 0 Å². The van der Waals surface area contributed by atoms with Gasteiger partial charge in [-0.05, 0) is 64.2 Å². The first-order chi connectivity index (χ1) is 14.7. The average Bonchev–Trinajstić information content (AvgIpc) is 2.66. The number of ether oxygens (including phenoxy) is 1. The molecule has 9 nitrogen and oxygen atoms in total. The summed E-state index contributed by atoms with van der Waals surface area (Å²) in [5.41, 5.74) is -0.646. The minimum Gasteiger partial charge on any atom is -0.480 e. The van der Waals surface area contributed by atoms with Gasteiger partial charge >= 0.3 is 12.1 Å². The molecule has 1 aliphatic carbocycles. The second-order valence-electron chi connectivity index (χ2n) is 10.4. The van der Waals surface area contributed by atoms with Gasteiger partial charge < -0.3 is 25.8 Å². The Labute approximate surface area is 191 Å². The third-order valence-electron chi connectivity index (χ3n) is 5.63. The lowest BCUT2D eigenvalue weighted by Crippen LogP contribution is -2.51. The Bertz CT molecular complexity index is 663. The van der Waals surface area contributed by atoms with Crippen molar-refractivity contribution in [3.63, 3.8) is 0 Å². The van der Waals surface area contributed by atoms with Crippen LogP contribution in [0.1, 0.15) is 74.1 Å². The molecule has 32 heavy (non-hydrogen) atoms. The van der Waals surface area contributed by atoms with Crippen LogP contribution in [0, 0.1) is 23.7 Å². The van der Waals surface area contributed by atoms with Crippen LogP contribution in [0.2, 0.25) is 0 Å². The van der Waals surface area contributed by atoms with E-state index >= 15 is 0 Å². The fourth-order valence-corrected chi connectivity index (χ4v) is 3.74. The smallest absolute Gasteiger partial charge is 0.408 e. The number of hydrogen-bond acceptors (Lipinski definition) is 5. The zero-order chi connectivity index (χ0) is 24.6. The molecule has 0 spiro atoms. The molecule has 1 fully saturated rings.